The average molecular weight is 799 g/mol. The number of anilines is 1. The number of nitriles is 1. The zero-order valence-corrected chi connectivity index (χ0v) is 33.7. The first-order valence-corrected chi connectivity index (χ1v) is 21.2. The first kappa shape index (κ1) is 44.8. The number of ether oxygens (including phenoxy) is 4. The zero-order valence-electron chi connectivity index (χ0n) is 32.8. The Labute approximate surface area is 331 Å². The number of aliphatic hydroxyl groups is 2. The molecule has 56 heavy (non-hydrogen) atoms. The number of nitrogens with zero attached hydrogens (tertiary/aromatic N) is 5. The summed E-state index contributed by atoms with van der Waals surface area (Å²) >= 11 is 0. The highest BCUT2D eigenvalue weighted by atomic mass is 31.1. The summed E-state index contributed by atoms with van der Waals surface area (Å²) in [5, 5.41) is 31.5. The summed E-state index contributed by atoms with van der Waals surface area (Å²) in [4.78, 5) is 33.4. The molecule has 0 radical (unpaired) electrons. The second kappa shape index (κ2) is 24.7. The van der Waals surface area contributed by atoms with E-state index in [1.807, 2.05) is 6.07 Å². The van der Waals surface area contributed by atoms with Gasteiger partial charge in [0.15, 0.2) is 18.0 Å². The molecule has 0 aliphatic carbocycles. The quantitative estimate of drug-likeness (QED) is 0.0419. The summed E-state index contributed by atoms with van der Waals surface area (Å²) in [7, 11) is -2.68. The molecule has 6 atom stereocenters. The normalized spacial score (nSPS) is 18.9. The van der Waals surface area contributed by atoms with E-state index >= 15 is 0 Å². The summed E-state index contributed by atoms with van der Waals surface area (Å²) in [6, 6.07) is 7.38. The highest BCUT2D eigenvalue weighted by Gasteiger charge is 2.45. The number of nitrogen functional groups attached to an aromatic ring is 1. The Balaban J connectivity index is 1.09. The molecular formula is C40H59N6O9P. The van der Waals surface area contributed by atoms with Gasteiger partial charge in [-0.15, -0.1) is 0 Å². The molecule has 4 N–H and O–H groups in total. The first-order valence-electron chi connectivity index (χ1n) is 20.1. The Morgan fingerprint density at radius 3 is 2.25 bits per heavy atom. The van der Waals surface area contributed by atoms with E-state index in [1.54, 1.807) is 18.2 Å². The van der Waals surface area contributed by atoms with E-state index in [2.05, 4.69) is 21.6 Å². The van der Waals surface area contributed by atoms with E-state index in [0.717, 1.165) is 12.8 Å². The van der Waals surface area contributed by atoms with Crippen LogP contribution in [0, 0.1) is 11.3 Å². The summed E-state index contributed by atoms with van der Waals surface area (Å²) in [6.07, 6.45) is 16.7. The van der Waals surface area contributed by atoms with Gasteiger partial charge in [0, 0.05) is 25.8 Å². The van der Waals surface area contributed by atoms with Crippen molar-refractivity contribution in [2.24, 2.45) is 4.74 Å². The Morgan fingerprint density at radius 2 is 1.59 bits per heavy atom. The molecule has 4 rings (SSSR count). The van der Waals surface area contributed by atoms with Crippen molar-refractivity contribution in [3.05, 3.63) is 42.4 Å². The lowest BCUT2D eigenvalue weighted by molar-refractivity contribution is -0.169. The molecule has 15 nitrogen and oxygen atoms in total. The van der Waals surface area contributed by atoms with Crippen molar-refractivity contribution in [2.75, 3.05) is 32.2 Å². The molecular weight excluding hydrogens is 739 g/mol. The minimum Gasteiger partial charge on any atom is -0.575 e. The van der Waals surface area contributed by atoms with Crippen LogP contribution in [0.4, 0.5) is 5.82 Å². The fraction of sp³-hybridized carbons (Fsp3) is 0.650. The number of para-hydroxylation sites is 2. The number of carbonyl (C=O) groups is 1. The van der Waals surface area contributed by atoms with Crippen LogP contribution in [0.1, 0.15) is 122 Å². The van der Waals surface area contributed by atoms with Crippen LogP contribution in [0.25, 0.3) is 11.0 Å². The van der Waals surface area contributed by atoms with Crippen LogP contribution in [0.15, 0.2) is 41.5 Å². The Hall–Kier alpha value is -3.90. The Kier molecular flexibility index (Phi) is 19.7. The van der Waals surface area contributed by atoms with E-state index in [4.69, 9.17) is 29.2 Å². The fourth-order valence-electron chi connectivity index (χ4n) is 6.55. The molecule has 3 heterocycles. The lowest BCUT2D eigenvalue weighted by Crippen LogP contribution is -2.34. The molecule has 2 unspecified atom stereocenters. The maximum atomic E-state index is 12.8. The minimum absolute atomic E-state index is 0.0840. The molecule has 1 fully saturated rings. The predicted octanol–water partition coefficient (Wildman–Crippen LogP) is 6.64. The molecule has 1 saturated heterocycles. The molecule has 0 spiro atoms. The predicted molar refractivity (Wildman–Crippen MR) is 211 cm³/mol. The minimum atomic E-state index is -2.68. The number of nitrogens with two attached hydrogens (primary N) is 1. The van der Waals surface area contributed by atoms with Gasteiger partial charge in [-0.1, -0.05) is 107 Å². The van der Waals surface area contributed by atoms with Crippen LogP contribution in [-0.4, -0.2) is 81.5 Å². The van der Waals surface area contributed by atoms with Crippen molar-refractivity contribution in [2.45, 2.75) is 141 Å². The molecule has 16 heteroatoms. The molecule has 308 valence electrons. The van der Waals surface area contributed by atoms with Crippen molar-refractivity contribution in [3.8, 4) is 17.6 Å². The van der Waals surface area contributed by atoms with Crippen molar-refractivity contribution >= 4 is 31.0 Å². The molecule has 2 aromatic heterocycles. The number of aliphatic hydroxyl groups excluding tert-OH is 2. The van der Waals surface area contributed by atoms with Gasteiger partial charge in [-0.25, -0.2) is 14.8 Å². The van der Waals surface area contributed by atoms with E-state index in [9.17, 15) is 25.2 Å². The van der Waals surface area contributed by atoms with Crippen molar-refractivity contribution in [1.82, 2.24) is 14.5 Å². The lowest BCUT2D eigenvalue weighted by Gasteiger charge is -2.17. The Bertz CT molecular complexity index is 1700. The highest BCUT2D eigenvalue weighted by molar-refractivity contribution is 7.34. The maximum absolute atomic E-state index is 12.8. The third-order valence-corrected chi connectivity index (χ3v) is 10.6. The number of fused-ring (bicyclic) bond motifs is 1. The maximum Gasteiger partial charge on any atom is 0.395 e. The van der Waals surface area contributed by atoms with Crippen LogP contribution < -0.4 is 19.9 Å². The van der Waals surface area contributed by atoms with Gasteiger partial charge in [-0.2, -0.15) is 5.26 Å². The number of benzene rings is 1. The van der Waals surface area contributed by atoms with Gasteiger partial charge < -0.3 is 44.4 Å². The third kappa shape index (κ3) is 13.9. The molecule has 1 aliphatic rings. The number of carbonyl (C=O) groups excluding carboxylic acids is 1. The van der Waals surface area contributed by atoms with Crippen molar-refractivity contribution in [3.63, 3.8) is 0 Å². The second-order valence-corrected chi connectivity index (χ2v) is 15.1. The summed E-state index contributed by atoms with van der Waals surface area (Å²) in [6.45, 7) is 4.85. The third-order valence-electron chi connectivity index (χ3n) is 9.73. The number of rotatable bonds is 27. The average Bonchev–Trinajstić information content (AvgIpc) is 3.71. The molecule has 3 aromatic rings. The second-order valence-electron chi connectivity index (χ2n) is 14.2. The van der Waals surface area contributed by atoms with Gasteiger partial charge in [0.05, 0.1) is 17.6 Å². The molecule has 1 aliphatic heterocycles. The number of aromatic nitrogens is 3. The summed E-state index contributed by atoms with van der Waals surface area (Å²) < 4.78 is 33.7. The molecule has 0 bridgehead atoms. The lowest BCUT2D eigenvalue weighted by atomic mass is 10.0. The van der Waals surface area contributed by atoms with Gasteiger partial charge in [0.1, 0.15) is 48.8 Å². The monoisotopic (exact) mass is 798 g/mol. The van der Waals surface area contributed by atoms with Crippen LogP contribution in [0.5, 0.6) is 11.5 Å². The fourth-order valence-corrected chi connectivity index (χ4v) is 7.30. The van der Waals surface area contributed by atoms with Crippen LogP contribution in [0.2, 0.25) is 0 Å². The first-order chi connectivity index (χ1) is 27.2. The Morgan fingerprint density at radius 1 is 0.964 bits per heavy atom. The summed E-state index contributed by atoms with van der Waals surface area (Å²) in [5.74, 6) is -0.277. The van der Waals surface area contributed by atoms with Crippen LogP contribution in [0.3, 0.4) is 0 Å². The molecule has 0 amide bonds. The standard InChI is InChI=1S/C40H59N6O9P/c1-3-4-5-6-7-8-9-10-11-12-13-14-15-18-22-51-23-19-24-52-40(49)29(2)45-56(50)55-32-21-17-16-20-31(32)53-27-33-35(47)36(48)39(54-33)46-26-30(25-41)34-37(42)43-28-44-38(34)46/h16-17,20-21,26,28-29,33,35-36,39,47-48H,3-15,18-19,22-24,27H2,1-2H3,(H2,42,43,44)/t29-,33?,35-,36-,39-/m1/s1. The van der Waals surface area contributed by atoms with Crippen molar-refractivity contribution in [1.29, 1.82) is 5.26 Å². The topological polar surface area (TPSA) is 220 Å². The van der Waals surface area contributed by atoms with Gasteiger partial charge >= 0.3 is 14.1 Å². The van der Waals surface area contributed by atoms with Crippen LogP contribution >= 0.6 is 8.17 Å². The van der Waals surface area contributed by atoms with E-state index < -0.39 is 44.7 Å². The van der Waals surface area contributed by atoms with Gasteiger partial charge in [0.25, 0.3) is 0 Å². The van der Waals surface area contributed by atoms with Crippen molar-refractivity contribution < 1.29 is 43.4 Å². The smallest absolute Gasteiger partial charge is 0.395 e. The molecule has 1 aromatic carbocycles. The largest absolute Gasteiger partial charge is 0.575 e. The van der Waals surface area contributed by atoms with Gasteiger partial charge in [-0.3, -0.25) is 4.52 Å². The number of esters is 1. The highest BCUT2D eigenvalue weighted by Crippen LogP contribution is 2.37. The number of hydrogen-bond acceptors (Lipinski definition) is 14. The van der Waals surface area contributed by atoms with Crippen LogP contribution in [-0.2, 0) is 19.0 Å². The SMILES string of the molecule is CCCCCCCCCCCCCCCCOCCCOC(=O)[C@@H](C)/N=[P+](\[O-])Oc1ccccc1OCC1O[C@@H](n2cc(C#N)c3c(N)ncnc32)[C@H](O)[C@@H]1O. The van der Waals surface area contributed by atoms with Gasteiger partial charge in [0.2, 0.25) is 5.75 Å². The zero-order chi connectivity index (χ0) is 40.1. The van der Waals surface area contributed by atoms with E-state index in [0.29, 0.717) is 25.0 Å². The van der Waals surface area contributed by atoms with Gasteiger partial charge in [-0.05, 0) is 25.5 Å². The van der Waals surface area contributed by atoms with E-state index in [-0.39, 0.29) is 41.7 Å². The summed E-state index contributed by atoms with van der Waals surface area (Å²) in [5.41, 5.74) is 6.40. The number of unbranched alkanes of at least 4 members (excludes halogenated alkanes) is 13. The molecule has 0 saturated carbocycles. The van der Waals surface area contributed by atoms with E-state index in [1.165, 1.54) is 107 Å². The number of hydrogen-bond donors (Lipinski definition) is 3.